The molecule has 1 aromatic rings. The molecule has 2 rings (SSSR count). The van der Waals surface area contributed by atoms with Gasteiger partial charge in [-0.3, -0.25) is 4.79 Å². The quantitative estimate of drug-likeness (QED) is 0.845. The Hall–Kier alpha value is -1.35. The van der Waals surface area contributed by atoms with Crippen LogP contribution in [0.15, 0.2) is 30.3 Å². The summed E-state index contributed by atoms with van der Waals surface area (Å²) in [6, 6.07) is 9.98. The molecule has 19 heavy (non-hydrogen) atoms. The Morgan fingerprint density at radius 2 is 1.79 bits per heavy atom. The van der Waals surface area contributed by atoms with Crippen LogP contribution in [0.1, 0.15) is 50.2 Å². The van der Waals surface area contributed by atoms with Crippen LogP contribution in [0.25, 0.3) is 0 Å². The molecule has 0 aromatic heterocycles. The van der Waals surface area contributed by atoms with Gasteiger partial charge in [-0.05, 0) is 18.4 Å². The normalized spacial score (nSPS) is 18.6. The van der Waals surface area contributed by atoms with Crippen molar-refractivity contribution in [3.05, 3.63) is 35.9 Å². The highest BCUT2D eigenvalue weighted by molar-refractivity contribution is 5.82. The van der Waals surface area contributed by atoms with Crippen LogP contribution in [0.3, 0.4) is 0 Å². The summed E-state index contributed by atoms with van der Waals surface area (Å²) in [4.78, 5) is 12.3. The molecule has 0 heterocycles. The van der Waals surface area contributed by atoms with E-state index >= 15 is 0 Å². The van der Waals surface area contributed by atoms with E-state index < -0.39 is 6.10 Å². The van der Waals surface area contributed by atoms with E-state index in [1.54, 1.807) is 7.11 Å². The molecule has 0 bridgehead atoms. The van der Waals surface area contributed by atoms with E-state index in [9.17, 15) is 4.79 Å². The smallest absolute Gasteiger partial charge is 0.253 e. The summed E-state index contributed by atoms with van der Waals surface area (Å²) in [5.74, 6) is -0.0133. The second-order valence-corrected chi connectivity index (χ2v) is 5.22. The Bertz CT molecular complexity index is 383. The maximum Gasteiger partial charge on any atom is 0.253 e. The first-order chi connectivity index (χ1) is 9.31. The van der Waals surface area contributed by atoms with Crippen LogP contribution < -0.4 is 5.32 Å². The molecule has 1 saturated carbocycles. The topological polar surface area (TPSA) is 38.3 Å². The average molecular weight is 261 g/mol. The Balaban J connectivity index is 1.96. The van der Waals surface area contributed by atoms with Crippen molar-refractivity contribution in [1.29, 1.82) is 0 Å². The zero-order chi connectivity index (χ0) is 13.5. The molecular formula is C16H23NO2. The molecular weight excluding hydrogens is 238 g/mol. The number of methoxy groups -OCH3 is 1. The number of rotatable bonds is 4. The van der Waals surface area contributed by atoms with Crippen molar-refractivity contribution in [2.24, 2.45) is 0 Å². The zero-order valence-corrected chi connectivity index (χ0v) is 11.6. The van der Waals surface area contributed by atoms with Crippen molar-refractivity contribution >= 4 is 5.91 Å². The first-order valence-corrected chi connectivity index (χ1v) is 7.19. The second-order valence-electron chi connectivity index (χ2n) is 5.22. The number of carbonyl (C=O) groups is 1. The van der Waals surface area contributed by atoms with E-state index in [4.69, 9.17) is 4.74 Å². The van der Waals surface area contributed by atoms with Crippen LogP contribution in [0.2, 0.25) is 0 Å². The molecule has 1 aromatic carbocycles. The van der Waals surface area contributed by atoms with Crippen molar-refractivity contribution in [1.82, 2.24) is 5.32 Å². The molecule has 104 valence electrons. The maximum absolute atomic E-state index is 12.3. The van der Waals surface area contributed by atoms with Crippen LogP contribution in [-0.2, 0) is 9.53 Å². The van der Waals surface area contributed by atoms with Gasteiger partial charge in [0, 0.05) is 13.2 Å². The van der Waals surface area contributed by atoms with Crippen molar-refractivity contribution in [3.8, 4) is 0 Å². The van der Waals surface area contributed by atoms with Crippen LogP contribution >= 0.6 is 0 Å². The summed E-state index contributed by atoms with van der Waals surface area (Å²) in [5, 5.41) is 3.14. The molecule has 3 heteroatoms. The highest BCUT2D eigenvalue weighted by Gasteiger charge is 2.23. The molecule has 1 aliphatic carbocycles. The summed E-state index contributed by atoms with van der Waals surface area (Å²) < 4.78 is 5.36. The summed E-state index contributed by atoms with van der Waals surface area (Å²) in [6.07, 6.45) is 6.71. The molecule has 0 saturated heterocycles. The SMILES string of the molecule is COC(C(=O)NC1CCCCCC1)c1ccccc1. The fourth-order valence-electron chi connectivity index (χ4n) is 2.72. The molecule has 0 spiro atoms. The Labute approximate surface area is 115 Å². The lowest BCUT2D eigenvalue weighted by Gasteiger charge is -2.21. The van der Waals surface area contributed by atoms with Crippen LogP contribution in [-0.4, -0.2) is 19.1 Å². The summed E-state index contributed by atoms with van der Waals surface area (Å²) in [5.41, 5.74) is 0.913. The minimum Gasteiger partial charge on any atom is -0.367 e. The fourth-order valence-corrected chi connectivity index (χ4v) is 2.72. The van der Waals surface area contributed by atoms with E-state index in [-0.39, 0.29) is 5.91 Å². The number of hydrogen-bond acceptors (Lipinski definition) is 2. The molecule has 3 nitrogen and oxygen atoms in total. The third-order valence-electron chi connectivity index (χ3n) is 3.78. The lowest BCUT2D eigenvalue weighted by molar-refractivity contribution is -0.132. The molecule has 1 aliphatic rings. The van der Waals surface area contributed by atoms with E-state index in [1.807, 2.05) is 30.3 Å². The third kappa shape index (κ3) is 4.06. The fraction of sp³-hybridized carbons (Fsp3) is 0.562. The number of amides is 1. The summed E-state index contributed by atoms with van der Waals surface area (Å²) in [7, 11) is 1.59. The van der Waals surface area contributed by atoms with Gasteiger partial charge in [0.25, 0.3) is 5.91 Å². The number of ether oxygens (including phenoxy) is 1. The maximum atomic E-state index is 12.3. The van der Waals surface area contributed by atoms with E-state index in [2.05, 4.69) is 5.32 Å². The van der Waals surface area contributed by atoms with Gasteiger partial charge in [-0.2, -0.15) is 0 Å². The standard InChI is InChI=1S/C16H23NO2/c1-19-15(13-9-5-4-6-10-13)16(18)17-14-11-7-2-3-8-12-14/h4-6,9-10,14-15H,2-3,7-8,11-12H2,1H3,(H,17,18). The molecule has 1 atom stereocenters. The summed E-state index contributed by atoms with van der Waals surface area (Å²) in [6.45, 7) is 0. The molecule has 1 unspecified atom stereocenters. The van der Waals surface area contributed by atoms with E-state index in [0.29, 0.717) is 6.04 Å². The Kier molecular flexibility index (Phi) is 5.40. The molecule has 0 aliphatic heterocycles. The second kappa shape index (κ2) is 7.29. The highest BCUT2D eigenvalue weighted by Crippen LogP contribution is 2.20. The highest BCUT2D eigenvalue weighted by atomic mass is 16.5. The Morgan fingerprint density at radius 1 is 1.16 bits per heavy atom. The van der Waals surface area contributed by atoms with Crippen molar-refractivity contribution < 1.29 is 9.53 Å². The van der Waals surface area contributed by atoms with Crippen LogP contribution in [0.5, 0.6) is 0 Å². The largest absolute Gasteiger partial charge is 0.367 e. The van der Waals surface area contributed by atoms with Gasteiger partial charge in [0.1, 0.15) is 0 Å². The monoisotopic (exact) mass is 261 g/mol. The third-order valence-corrected chi connectivity index (χ3v) is 3.78. The number of nitrogens with one attached hydrogen (secondary N) is 1. The van der Waals surface area contributed by atoms with E-state index in [1.165, 1.54) is 25.7 Å². The predicted molar refractivity (Wildman–Crippen MR) is 75.8 cm³/mol. The van der Waals surface area contributed by atoms with Crippen molar-refractivity contribution in [2.45, 2.75) is 50.7 Å². The van der Waals surface area contributed by atoms with Gasteiger partial charge in [-0.1, -0.05) is 56.0 Å². The first kappa shape index (κ1) is 14.1. The molecule has 1 fully saturated rings. The summed E-state index contributed by atoms with van der Waals surface area (Å²) >= 11 is 0. The van der Waals surface area contributed by atoms with Gasteiger partial charge in [0.15, 0.2) is 6.10 Å². The van der Waals surface area contributed by atoms with E-state index in [0.717, 1.165) is 18.4 Å². The van der Waals surface area contributed by atoms with Gasteiger partial charge in [-0.15, -0.1) is 0 Å². The predicted octanol–water partition coefficient (Wildman–Crippen LogP) is 3.21. The van der Waals surface area contributed by atoms with Gasteiger partial charge in [0.2, 0.25) is 0 Å². The van der Waals surface area contributed by atoms with Crippen molar-refractivity contribution in [3.63, 3.8) is 0 Å². The number of benzene rings is 1. The minimum absolute atomic E-state index is 0.0133. The van der Waals surface area contributed by atoms with Crippen LogP contribution in [0.4, 0.5) is 0 Å². The van der Waals surface area contributed by atoms with Gasteiger partial charge in [-0.25, -0.2) is 0 Å². The Morgan fingerprint density at radius 3 is 2.37 bits per heavy atom. The minimum atomic E-state index is -0.496. The number of carbonyl (C=O) groups excluding carboxylic acids is 1. The van der Waals surface area contributed by atoms with Crippen LogP contribution in [0, 0.1) is 0 Å². The molecule has 0 radical (unpaired) electrons. The van der Waals surface area contributed by atoms with Gasteiger partial charge < -0.3 is 10.1 Å². The zero-order valence-electron chi connectivity index (χ0n) is 11.6. The molecule has 1 amide bonds. The van der Waals surface area contributed by atoms with Gasteiger partial charge in [0.05, 0.1) is 0 Å². The average Bonchev–Trinajstić information content (AvgIpc) is 2.69. The lowest BCUT2D eigenvalue weighted by atomic mass is 10.1. The lowest BCUT2D eigenvalue weighted by Crippen LogP contribution is -2.38. The first-order valence-electron chi connectivity index (χ1n) is 7.19. The number of hydrogen-bond donors (Lipinski definition) is 1. The molecule has 1 N–H and O–H groups in total. The van der Waals surface area contributed by atoms with Gasteiger partial charge >= 0.3 is 0 Å². The van der Waals surface area contributed by atoms with Crippen molar-refractivity contribution in [2.75, 3.05) is 7.11 Å².